The summed E-state index contributed by atoms with van der Waals surface area (Å²) in [7, 11) is 1.66. The first kappa shape index (κ1) is 8.20. The molecule has 0 bridgehead atoms. The van der Waals surface area contributed by atoms with Crippen LogP contribution in [0.3, 0.4) is 0 Å². The van der Waals surface area contributed by atoms with Crippen LogP contribution in [0.15, 0.2) is 0 Å². The van der Waals surface area contributed by atoms with Crippen LogP contribution in [-0.4, -0.2) is 17.4 Å². The highest BCUT2D eigenvalue weighted by Gasteiger charge is 1.93. The van der Waals surface area contributed by atoms with Gasteiger partial charge in [-0.3, -0.25) is 4.79 Å². The van der Waals surface area contributed by atoms with Crippen molar-refractivity contribution in [3.8, 4) is 0 Å². The number of carbonyl (C=O) groups is 1. The molecule has 0 aromatic carbocycles. The second kappa shape index (κ2) is 5.34. The molecule has 1 N–H and O–H groups in total. The molecule has 2 nitrogen and oxygen atoms in total. The van der Waals surface area contributed by atoms with Crippen LogP contribution in [0.2, 0.25) is 0 Å². The van der Waals surface area contributed by atoms with Crippen LogP contribution in [0.25, 0.3) is 0 Å². The first-order chi connectivity index (χ1) is 3.81. The van der Waals surface area contributed by atoms with Crippen LogP contribution in [0, 0.1) is 0 Å². The Labute approximate surface area is 63.2 Å². The third-order valence-corrected chi connectivity index (χ3v) is 1.58. The summed E-state index contributed by atoms with van der Waals surface area (Å²) in [5.41, 5.74) is 0. The molecule has 0 saturated carbocycles. The first-order valence-corrected chi connectivity index (χ1v) is 4.10. The highest BCUT2D eigenvalue weighted by molar-refractivity contribution is 14.1. The average molecular weight is 227 g/mol. The van der Waals surface area contributed by atoms with Gasteiger partial charge in [-0.05, 0) is 6.42 Å². The molecule has 8 heavy (non-hydrogen) atoms. The maximum Gasteiger partial charge on any atom is 0.219 e. The van der Waals surface area contributed by atoms with Gasteiger partial charge in [0.25, 0.3) is 0 Å². The zero-order chi connectivity index (χ0) is 6.41. The van der Waals surface area contributed by atoms with Crippen LogP contribution >= 0.6 is 22.6 Å². The molecule has 0 radical (unpaired) electrons. The lowest BCUT2D eigenvalue weighted by Gasteiger charge is -1.93. The van der Waals surface area contributed by atoms with E-state index in [0.717, 1.165) is 10.8 Å². The van der Waals surface area contributed by atoms with E-state index >= 15 is 0 Å². The maximum absolute atomic E-state index is 10.5. The van der Waals surface area contributed by atoms with Crippen molar-refractivity contribution < 1.29 is 4.79 Å². The van der Waals surface area contributed by atoms with Crippen LogP contribution in [0.5, 0.6) is 0 Å². The van der Waals surface area contributed by atoms with Crippen LogP contribution in [0.4, 0.5) is 0 Å². The van der Waals surface area contributed by atoms with E-state index in [9.17, 15) is 4.79 Å². The number of rotatable bonds is 3. The van der Waals surface area contributed by atoms with E-state index in [1.165, 1.54) is 0 Å². The van der Waals surface area contributed by atoms with Gasteiger partial charge >= 0.3 is 0 Å². The van der Waals surface area contributed by atoms with Crippen LogP contribution < -0.4 is 5.32 Å². The van der Waals surface area contributed by atoms with E-state index < -0.39 is 0 Å². The van der Waals surface area contributed by atoms with Gasteiger partial charge in [-0.1, -0.05) is 22.6 Å². The Hall–Kier alpha value is 0.200. The topological polar surface area (TPSA) is 29.1 Å². The number of carbonyl (C=O) groups excluding carboxylic acids is 1. The van der Waals surface area contributed by atoms with Gasteiger partial charge < -0.3 is 5.32 Å². The molecule has 0 atom stereocenters. The monoisotopic (exact) mass is 227 g/mol. The lowest BCUT2D eigenvalue weighted by Crippen LogP contribution is -2.16. The summed E-state index contributed by atoms with van der Waals surface area (Å²) in [6.07, 6.45) is 1.65. The van der Waals surface area contributed by atoms with Crippen LogP contribution in [0.1, 0.15) is 12.8 Å². The molecule has 1 amide bonds. The number of amides is 1. The fourth-order valence-corrected chi connectivity index (χ4v) is 0.734. The van der Waals surface area contributed by atoms with E-state index in [2.05, 4.69) is 27.9 Å². The van der Waals surface area contributed by atoms with E-state index in [4.69, 9.17) is 0 Å². The lowest BCUT2D eigenvalue weighted by molar-refractivity contribution is -0.120. The molecule has 0 aromatic heterocycles. The summed E-state index contributed by atoms with van der Waals surface area (Å²) >= 11 is 2.26. The van der Waals surface area contributed by atoms with Crippen molar-refractivity contribution in [3.63, 3.8) is 0 Å². The van der Waals surface area contributed by atoms with Gasteiger partial charge in [-0.25, -0.2) is 0 Å². The third-order valence-electron chi connectivity index (χ3n) is 0.816. The van der Waals surface area contributed by atoms with E-state index in [-0.39, 0.29) is 5.91 Å². The van der Waals surface area contributed by atoms with Gasteiger partial charge in [0.05, 0.1) is 0 Å². The fraction of sp³-hybridized carbons (Fsp3) is 0.800. The Morgan fingerprint density at radius 3 is 2.75 bits per heavy atom. The minimum absolute atomic E-state index is 0.140. The molecule has 0 aromatic rings. The molecule has 0 rings (SSSR count). The van der Waals surface area contributed by atoms with E-state index in [0.29, 0.717) is 6.42 Å². The Morgan fingerprint density at radius 2 is 2.38 bits per heavy atom. The smallest absolute Gasteiger partial charge is 0.219 e. The van der Waals surface area contributed by atoms with Crippen molar-refractivity contribution in [2.75, 3.05) is 11.5 Å². The first-order valence-electron chi connectivity index (χ1n) is 2.57. The second-order valence-corrected chi connectivity index (χ2v) is 2.54. The molecule has 48 valence electrons. The van der Waals surface area contributed by atoms with Gasteiger partial charge in [-0.15, -0.1) is 0 Å². The Morgan fingerprint density at radius 1 is 1.75 bits per heavy atom. The predicted molar refractivity (Wildman–Crippen MR) is 42.2 cm³/mol. The molecule has 0 spiro atoms. The molecular weight excluding hydrogens is 217 g/mol. The van der Waals surface area contributed by atoms with Crippen molar-refractivity contribution in [3.05, 3.63) is 0 Å². The predicted octanol–water partition coefficient (Wildman–Crippen LogP) is 0.948. The largest absolute Gasteiger partial charge is 0.359 e. The summed E-state index contributed by atoms with van der Waals surface area (Å²) < 4.78 is 1.06. The second-order valence-electron chi connectivity index (χ2n) is 1.47. The number of alkyl halides is 1. The summed E-state index contributed by atoms with van der Waals surface area (Å²) in [6.45, 7) is 0. The highest BCUT2D eigenvalue weighted by Crippen LogP contribution is 1.92. The molecule has 0 aliphatic rings. The SMILES string of the molecule is CNC(=O)CCCI. The highest BCUT2D eigenvalue weighted by atomic mass is 127. The Balaban J connectivity index is 2.99. The molecule has 3 heteroatoms. The average Bonchev–Trinajstić information content (AvgIpc) is 1.83. The quantitative estimate of drug-likeness (QED) is 0.564. The number of halogens is 1. The molecule has 0 unspecified atom stereocenters. The van der Waals surface area contributed by atoms with E-state index in [1.54, 1.807) is 7.05 Å². The van der Waals surface area contributed by atoms with E-state index in [1.807, 2.05) is 0 Å². The third kappa shape index (κ3) is 4.36. The minimum Gasteiger partial charge on any atom is -0.359 e. The summed E-state index contributed by atoms with van der Waals surface area (Å²) in [4.78, 5) is 10.5. The molecule has 0 heterocycles. The van der Waals surface area contributed by atoms with Gasteiger partial charge in [-0.2, -0.15) is 0 Å². The lowest BCUT2D eigenvalue weighted by atomic mass is 10.3. The maximum atomic E-state index is 10.5. The summed E-state index contributed by atoms with van der Waals surface area (Å²) in [6, 6.07) is 0. The standard InChI is InChI=1S/C5H10INO/c1-7-5(8)3-2-4-6/h2-4H2,1H3,(H,7,8). The molecule has 0 saturated heterocycles. The molecule has 0 aliphatic heterocycles. The van der Waals surface area contributed by atoms with Gasteiger partial charge in [0.15, 0.2) is 0 Å². The Bertz CT molecular complexity index is 74.8. The zero-order valence-corrected chi connectivity index (χ0v) is 7.07. The molecule has 0 aliphatic carbocycles. The molecular formula is C5H10INO. The van der Waals surface area contributed by atoms with Crippen molar-refractivity contribution in [2.24, 2.45) is 0 Å². The van der Waals surface area contributed by atoms with Gasteiger partial charge in [0.1, 0.15) is 0 Å². The Kier molecular flexibility index (Phi) is 5.47. The summed E-state index contributed by atoms with van der Waals surface area (Å²) in [5.74, 6) is 0.140. The number of hydrogen-bond acceptors (Lipinski definition) is 1. The van der Waals surface area contributed by atoms with Crippen LogP contribution in [-0.2, 0) is 4.79 Å². The van der Waals surface area contributed by atoms with Gasteiger partial charge in [0.2, 0.25) is 5.91 Å². The summed E-state index contributed by atoms with van der Waals surface area (Å²) in [5, 5.41) is 2.56. The zero-order valence-electron chi connectivity index (χ0n) is 4.91. The fourth-order valence-electron chi connectivity index (χ4n) is 0.352. The number of hydrogen-bond donors (Lipinski definition) is 1. The van der Waals surface area contributed by atoms with Crippen molar-refractivity contribution in [1.29, 1.82) is 0 Å². The van der Waals surface area contributed by atoms with Crippen molar-refractivity contribution >= 4 is 28.5 Å². The normalized spacial score (nSPS) is 8.75. The molecule has 0 fully saturated rings. The minimum atomic E-state index is 0.140. The van der Waals surface area contributed by atoms with Crippen molar-refractivity contribution in [1.82, 2.24) is 5.32 Å². The number of nitrogens with one attached hydrogen (secondary N) is 1. The van der Waals surface area contributed by atoms with Crippen molar-refractivity contribution in [2.45, 2.75) is 12.8 Å². The van der Waals surface area contributed by atoms with Gasteiger partial charge in [0, 0.05) is 17.9 Å².